The first-order valence-corrected chi connectivity index (χ1v) is 8.22. The van der Waals surface area contributed by atoms with Crippen LogP contribution in [-0.4, -0.2) is 13.2 Å². The van der Waals surface area contributed by atoms with E-state index in [0.717, 1.165) is 37.6 Å². The summed E-state index contributed by atoms with van der Waals surface area (Å²) in [6.45, 7) is 5.99. The fourth-order valence-corrected chi connectivity index (χ4v) is 1.70. The zero-order chi connectivity index (χ0) is 15.9. The van der Waals surface area contributed by atoms with Crippen molar-refractivity contribution in [2.75, 3.05) is 13.2 Å². The molecule has 22 heavy (non-hydrogen) atoms. The quantitative estimate of drug-likeness (QED) is 0.579. The summed E-state index contributed by atoms with van der Waals surface area (Å²) in [5.41, 5.74) is 0. The first kappa shape index (κ1) is 18.1. The Hall–Kier alpha value is -1.96. The van der Waals surface area contributed by atoms with Gasteiger partial charge in [0.2, 0.25) is 0 Å². The van der Waals surface area contributed by atoms with Gasteiger partial charge in [0.15, 0.2) is 0 Å². The zero-order valence-corrected chi connectivity index (χ0v) is 13.8. The van der Waals surface area contributed by atoms with Crippen molar-refractivity contribution in [2.45, 2.75) is 39.5 Å². The van der Waals surface area contributed by atoms with Gasteiger partial charge in [0, 0.05) is 0 Å². The molecule has 120 valence electrons. The van der Waals surface area contributed by atoms with Crippen molar-refractivity contribution in [2.24, 2.45) is 0 Å². The van der Waals surface area contributed by atoms with Crippen LogP contribution in [0.2, 0.25) is 0 Å². The largest absolute Gasteiger partial charge is 0.494 e. The van der Waals surface area contributed by atoms with Gasteiger partial charge in [-0.1, -0.05) is 63.1 Å². The Morgan fingerprint density at radius 3 is 1.27 bits per heavy atom. The van der Waals surface area contributed by atoms with Crippen molar-refractivity contribution in [3.05, 3.63) is 60.7 Å². The minimum absolute atomic E-state index is 0.834. The minimum Gasteiger partial charge on any atom is -0.494 e. The zero-order valence-electron chi connectivity index (χ0n) is 13.8. The van der Waals surface area contributed by atoms with Gasteiger partial charge < -0.3 is 9.47 Å². The van der Waals surface area contributed by atoms with Crippen LogP contribution in [0.15, 0.2) is 60.7 Å². The molecule has 0 aliphatic heterocycles. The van der Waals surface area contributed by atoms with Gasteiger partial charge in [-0.25, -0.2) is 0 Å². The molecule has 0 unspecified atom stereocenters. The normalized spacial score (nSPS) is 9.55. The van der Waals surface area contributed by atoms with Crippen molar-refractivity contribution in [3.63, 3.8) is 0 Å². The maximum absolute atomic E-state index is 5.45. The van der Waals surface area contributed by atoms with Crippen LogP contribution in [0.3, 0.4) is 0 Å². The first-order chi connectivity index (χ1) is 10.9. The average Bonchev–Trinajstić information content (AvgIpc) is 2.58. The molecule has 0 amide bonds. The number of para-hydroxylation sites is 2. The molecule has 0 fully saturated rings. The lowest BCUT2D eigenvalue weighted by Crippen LogP contribution is -1.95. The van der Waals surface area contributed by atoms with Gasteiger partial charge in [0.1, 0.15) is 11.5 Å². The van der Waals surface area contributed by atoms with Crippen LogP contribution in [0.1, 0.15) is 39.5 Å². The molecule has 2 heteroatoms. The Kier molecular flexibility index (Phi) is 10.5. The highest BCUT2D eigenvalue weighted by Gasteiger charge is 1.89. The molecule has 2 rings (SSSR count). The monoisotopic (exact) mass is 300 g/mol. The summed E-state index contributed by atoms with van der Waals surface area (Å²) in [7, 11) is 0. The van der Waals surface area contributed by atoms with Crippen molar-refractivity contribution in [3.8, 4) is 11.5 Å². The van der Waals surface area contributed by atoms with Crippen LogP contribution < -0.4 is 9.47 Å². The van der Waals surface area contributed by atoms with Crippen LogP contribution in [0, 0.1) is 0 Å². The van der Waals surface area contributed by atoms with Crippen LogP contribution in [0.5, 0.6) is 11.5 Å². The number of hydrogen-bond donors (Lipinski definition) is 0. The van der Waals surface area contributed by atoms with E-state index in [1.807, 2.05) is 60.7 Å². The lowest BCUT2D eigenvalue weighted by molar-refractivity contribution is 0.309. The van der Waals surface area contributed by atoms with E-state index in [1.165, 1.54) is 12.8 Å². The molecule has 0 spiro atoms. The average molecular weight is 300 g/mol. The molecule has 2 aromatic rings. The van der Waals surface area contributed by atoms with Crippen LogP contribution >= 0.6 is 0 Å². The molecule has 0 radical (unpaired) electrons. The van der Waals surface area contributed by atoms with Crippen LogP contribution in [-0.2, 0) is 0 Å². The maximum Gasteiger partial charge on any atom is 0.119 e. The maximum atomic E-state index is 5.45. The van der Waals surface area contributed by atoms with Gasteiger partial charge in [-0.2, -0.15) is 0 Å². The van der Waals surface area contributed by atoms with Crippen LogP contribution in [0.25, 0.3) is 0 Å². The molecule has 0 aliphatic carbocycles. The molecule has 0 bridgehead atoms. The molecule has 0 saturated heterocycles. The van der Waals surface area contributed by atoms with Gasteiger partial charge in [0.05, 0.1) is 13.2 Å². The van der Waals surface area contributed by atoms with Crippen molar-refractivity contribution in [1.29, 1.82) is 0 Å². The molecule has 2 aromatic carbocycles. The molecule has 0 aromatic heterocycles. The van der Waals surface area contributed by atoms with E-state index < -0.39 is 0 Å². The molecule has 2 nitrogen and oxygen atoms in total. The van der Waals surface area contributed by atoms with Gasteiger partial charge in [0.25, 0.3) is 0 Å². The predicted octanol–water partition coefficient (Wildman–Crippen LogP) is 5.73. The summed E-state index contributed by atoms with van der Waals surface area (Å²) in [5, 5.41) is 0. The summed E-state index contributed by atoms with van der Waals surface area (Å²) in [5.74, 6) is 1.95. The number of hydrogen-bond acceptors (Lipinski definition) is 2. The number of rotatable bonds is 8. The van der Waals surface area contributed by atoms with Crippen molar-refractivity contribution in [1.82, 2.24) is 0 Å². The van der Waals surface area contributed by atoms with Gasteiger partial charge in [-0.05, 0) is 37.1 Å². The van der Waals surface area contributed by atoms with Gasteiger partial charge in [-0.15, -0.1) is 0 Å². The smallest absolute Gasteiger partial charge is 0.119 e. The molecule has 0 aliphatic rings. The predicted molar refractivity (Wildman–Crippen MR) is 93.7 cm³/mol. The van der Waals surface area contributed by atoms with Crippen molar-refractivity contribution >= 4 is 0 Å². The van der Waals surface area contributed by atoms with Crippen LogP contribution in [0.4, 0.5) is 0 Å². The SMILES string of the molecule is CCCCOc1ccccc1.CCCCOc1ccccc1. The molecular weight excluding hydrogens is 272 g/mol. The third-order valence-electron chi connectivity index (χ3n) is 3.02. The van der Waals surface area contributed by atoms with E-state index >= 15 is 0 Å². The number of benzene rings is 2. The first-order valence-electron chi connectivity index (χ1n) is 8.22. The molecular formula is C20H28O2. The third kappa shape index (κ3) is 9.06. The summed E-state index contributed by atoms with van der Waals surface area (Å²) in [4.78, 5) is 0. The summed E-state index contributed by atoms with van der Waals surface area (Å²) in [6.07, 6.45) is 4.64. The standard InChI is InChI=1S/2C10H14O/c2*1-2-3-9-11-10-7-5-4-6-8-10/h2*4-8H,2-3,9H2,1H3. The second-order valence-electron chi connectivity index (χ2n) is 5.03. The summed E-state index contributed by atoms with van der Waals surface area (Å²) in [6, 6.07) is 19.9. The van der Waals surface area contributed by atoms with Gasteiger partial charge in [-0.3, -0.25) is 0 Å². The second kappa shape index (κ2) is 12.8. The highest BCUT2D eigenvalue weighted by atomic mass is 16.5. The third-order valence-corrected chi connectivity index (χ3v) is 3.02. The Morgan fingerprint density at radius 2 is 0.955 bits per heavy atom. The number of ether oxygens (including phenoxy) is 2. The lowest BCUT2D eigenvalue weighted by atomic mass is 10.3. The molecule has 0 saturated carbocycles. The summed E-state index contributed by atoms with van der Waals surface area (Å²) < 4.78 is 10.9. The second-order valence-corrected chi connectivity index (χ2v) is 5.03. The Bertz CT molecular complexity index is 408. The van der Waals surface area contributed by atoms with Crippen molar-refractivity contribution < 1.29 is 9.47 Å². The van der Waals surface area contributed by atoms with E-state index in [9.17, 15) is 0 Å². The van der Waals surface area contributed by atoms with Gasteiger partial charge >= 0.3 is 0 Å². The molecule has 0 heterocycles. The Balaban J connectivity index is 0.000000220. The summed E-state index contributed by atoms with van der Waals surface area (Å²) >= 11 is 0. The molecule has 0 atom stereocenters. The highest BCUT2D eigenvalue weighted by Crippen LogP contribution is 2.09. The lowest BCUT2D eigenvalue weighted by Gasteiger charge is -2.03. The fraction of sp³-hybridized carbons (Fsp3) is 0.400. The molecule has 0 N–H and O–H groups in total. The number of unbranched alkanes of at least 4 members (excludes halogenated alkanes) is 2. The Labute approximate surface area is 135 Å². The fourth-order valence-electron chi connectivity index (χ4n) is 1.70. The van der Waals surface area contributed by atoms with E-state index in [1.54, 1.807) is 0 Å². The van der Waals surface area contributed by atoms with E-state index in [2.05, 4.69) is 13.8 Å². The Morgan fingerprint density at radius 1 is 0.591 bits per heavy atom. The van der Waals surface area contributed by atoms with E-state index in [-0.39, 0.29) is 0 Å². The van der Waals surface area contributed by atoms with E-state index in [4.69, 9.17) is 9.47 Å². The van der Waals surface area contributed by atoms with E-state index in [0.29, 0.717) is 0 Å². The topological polar surface area (TPSA) is 18.5 Å². The minimum atomic E-state index is 0.834. The highest BCUT2D eigenvalue weighted by molar-refractivity contribution is 5.21.